The summed E-state index contributed by atoms with van der Waals surface area (Å²) in [6.45, 7) is 6.33. The molecule has 0 aliphatic heterocycles. The Balaban J connectivity index is 2.13. The maximum Gasteiger partial charge on any atom is 0.138 e. The molecule has 0 unspecified atom stereocenters. The molecule has 20 heavy (non-hydrogen) atoms. The molecule has 108 valence electrons. The first-order valence-electron chi connectivity index (χ1n) is 6.72. The third-order valence-corrected chi connectivity index (χ3v) is 3.70. The lowest BCUT2D eigenvalue weighted by atomic mass is 10.2. The van der Waals surface area contributed by atoms with E-state index in [1.165, 1.54) is 0 Å². The quantitative estimate of drug-likeness (QED) is 0.879. The highest BCUT2D eigenvalue weighted by Gasteiger charge is 2.10. The number of benzene rings is 1. The van der Waals surface area contributed by atoms with E-state index in [9.17, 15) is 0 Å². The van der Waals surface area contributed by atoms with Gasteiger partial charge in [0.1, 0.15) is 12.4 Å². The van der Waals surface area contributed by atoms with Crippen LogP contribution >= 0.6 is 15.9 Å². The second-order valence-electron chi connectivity index (χ2n) is 4.70. The molecule has 0 aliphatic carbocycles. The van der Waals surface area contributed by atoms with Crippen molar-refractivity contribution in [3.63, 3.8) is 0 Å². The molecule has 0 aliphatic rings. The largest absolute Gasteiger partial charge is 0.486 e. The van der Waals surface area contributed by atoms with Crippen LogP contribution in [0.4, 0.5) is 0 Å². The Morgan fingerprint density at radius 1 is 1.40 bits per heavy atom. The van der Waals surface area contributed by atoms with Gasteiger partial charge in [0.05, 0.1) is 15.9 Å². The van der Waals surface area contributed by atoms with Crippen LogP contribution in [0.2, 0.25) is 0 Å². The molecule has 5 heteroatoms. The van der Waals surface area contributed by atoms with Gasteiger partial charge in [0.25, 0.3) is 0 Å². The minimum atomic E-state index is 0.513. The summed E-state index contributed by atoms with van der Waals surface area (Å²) in [6, 6.07) is 8.15. The lowest BCUT2D eigenvalue weighted by molar-refractivity contribution is 0.289. The van der Waals surface area contributed by atoms with Crippen LogP contribution in [-0.2, 0) is 20.2 Å². The van der Waals surface area contributed by atoms with E-state index in [1.54, 1.807) is 0 Å². The number of para-hydroxylation sites is 1. The summed E-state index contributed by atoms with van der Waals surface area (Å²) in [5.74, 6) is 0.896. The molecule has 1 N–H and O–H groups in total. The first kappa shape index (κ1) is 15.1. The van der Waals surface area contributed by atoms with Crippen LogP contribution < -0.4 is 10.1 Å². The average Bonchev–Trinajstić information content (AvgIpc) is 2.73. The maximum absolute atomic E-state index is 6.00. The van der Waals surface area contributed by atoms with Crippen LogP contribution in [0, 0.1) is 6.92 Å². The molecule has 0 fully saturated rings. The third kappa shape index (κ3) is 3.61. The Morgan fingerprint density at radius 3 is 2.85 bits per heavy atom. The van der Waals surface area contributed by atoms with Gasteiger partial charge in [-0.15, -0.1) is 0 Å². The van der Waals surface area contributed by atoms with Gasteiger partial charge in [0.15, 0.2) is 0 Å². The SMILES string of the molecule is CCNCc1cccc(Br)c1OCc1cc(C)nn1C. The Morgan fingerprint density at radius 2 is 2.20 bits per heavy atom. The van der Waals surface area contributed by atoms with Crippen LogP contribution in [0.5, 0.6) is 5.75 Å². The van der Waals surface area contributed by atoms with Crippen LogP contribution in [0.1, 0.15) is 23.9 Å². The molecule has 0 bridgehead atoms. The number of nitrogens with zero attached hydrogens (tertiary/aromatic N) is 2. The molecule has 0 radical (unpaired) electrons. The van der Waals surface area contributed by atoms with Gasteiger partial charge in [-0.05, 0) is 41.5 Å². The molecule has 4 nitrogen and oxygen atoms in total. The highest BCUT2D eigenvalue weighted by Crippen LogP contribution is 2.29. The van der Waals surface area contributed by atoms with Gasteiger partial charge >= 0.3 is 0 Å². The van der Waals surface area contributed by atoms with Gasteiger partial charge in [-0.3, -0.25) is 4.68 Å². The van der Waals surface area contributed by atoms with E-state index in [0.29, 0.717) is 6.61 Å². The zero-order valence-corrected chi connectivity index (χ0v) is 13.7. The van der Waals surface area contributed by atoms with Crippen molar-refractivity contribution >= 4 is 15.9 Å². The number of hydrogen-bond acceptors (Lipinski definition) is 3. The minimum absolute atomic E-state index is 0.513. The van der Waals surface area contributed by atoms with Crippen molar-refractivity contribution < 1.29 is 4.74 Å². The molecule has 1 heterocycles. The standard InChI is InChI=1S/C15H20BrN3O/c1-4-17-9-12-6-5-7-14(16)15(12)20-10-13-8-11(2)18-19(13)3/h5-8,17H,4,9-10H2,1-3H3. The van der Waals surface area contributed by atoms with Gasteiger partial charge in [0.2, 0.25) is 0 Å². The Kier molecular flexibility index (Phi) is 5.20. The molecule has 0 amide bonds. The van der Waals surface area contributed by atoms with E-state index in [-0.39, 0.29) is 0 Å². The summed E-state index contributed by atoms with van der Waals surface area (Å²) >= 11 is 3.56. The Hall–Kier alpha value is -1.33. The molecule has 1 aromatic heterocycles. The number of nitrogens with one attached hydrogen (secondary N) is 1. The number of rotatable bonds is 6. The van der Waals surface area contributed by atoms with Gasteiger partial charge in [0, 0.05) is 19.2 Å². The van der Waals surface area contributed by atoms with E-state index >= 15 is 0 Å². The van der Waals surface area contributed by atoms with Gasteiger partial charge in [-0.1, -0.05) is 19.1 Å². The fourth-order valence-corrected chi connectivity index (χ4v) is 2.58. The highest BCUT2D eigenvalue weighted by atomic mass is 79.9. The average molecular weight is 338 g/mol. The first-order chi connectivity index (χ1) is 9.61. The fourth-order valence-electron chi connectivity index (χ4n) is 2.06. The van der Waals surface area contributed by atoms with Crippen molar-refractivity contribution in [3.8, 4) is 5.75 Å². The summed E-state index contributed by atoms with van der Waals surface area (Å²) in [4.78, 5) is 0. The highest BCUT2D eigenvalue weighted by molar-refractivity contribution is 9.10. The van der Waals surface area contributed by atoms with E-state index in [4.69, 9.17) is 4.74 Å². The van der Waals surface area contributed by atoms with E-state index in [1.807, 2.05) is 36.9 Å². The number of halogens is 1. The van der Waals surface area contributed by atoms with Crippen molar-refractivity contribution in [2.24, 2.45) is 7.05 Å². The lowest BCUT2D eigenvalue weighted by Crippen LogP contribution is -2.13. The summed E-state index contributed by atoms with van der Waals surface area (Å²) in [6.07, 6.45) is 0. The van der Waals surface area contributed by atoms with Gasteiger partial charge < -0.3 is 10.1 Å². The van der Waals surface area contributed by atoms with Gasteiger partial charge in [-0.2, -0.15) is 5.10 Å². The number of ether oxygens (including phenoxy) is 1. The van der Waals surface area contributed by atoms with Crippen LogP contribution in [-0.4, -0.2) is 16.3 Å². The Labute approximate surface area is 128 Å². The van der Waals surface area contributed by atoms with Crippen molar-refractivity contribution in [1.29, 1.82) is 0 Å². The molecule has 0 spiro atoms. The number of hydrogen-bond donors (Lipinski definition) is 1. The normalized spacial score (nSPS) is 10.8. The second kappa shape index (κ2) is 6.90. The smallest absolute Gasteiger partial charge is 0.138 e. The van der Waals surface area contributed by atoms with Crippen LogP contribution in [0.25, 0.3) is 0 Å². The lowest BCUT2D eigenvalue weighted by Gasteiger charge is -2.13. The molecule has 2 aromatic rings. The molecule has 1 aromatic carbocycles. The first-order valence-corrected chi connectivity index (χ1v) is 7.51. The molecule has 0 atom stereocenters. The summed E-state index contributed by atoms with van der Waals surface area (Å²) in [5.41, 5.74) is 3.22. The van der Waals surface area contributed by atoms with Crippen LogP contribution in [0.3, 0.4) is 0 Å². The zero-order valence-electron chi connectivity index (χ0n) is 12.1. The predicted molar refractivity (Wildman–Crippen MR) is 83.8 cm³/mol. The fraction of sp³-hybridized carbons (Fsp3) is 0.400. The zero-order chi connectivity index (χ0) is 14.5. The number of aromatic nitrogens is 2. The Bertz CT molecular complexity index is 580. The molecular formula is C15H20BrN3O. The second-order valence-corrected chi connectivity index (χ2v) is 5.55. The summed E-state index contributed by atoms with van der Waals surface area (Å²) in [5, 5.41) is 7.66. The van der Waals surface area contributed by atoms with Crippen molar-refractivity contribution in [1.82, 2.24) is 15.1 Å². The predicted octanol–water partition coefficient (Wildman–Crippen LogP) is 3.18. The van der Waals surface area contributed by atoms with E-state index < -0.39 is 0 Å². The molecular weight excluding hydrogens is 318 g/mol. The molecule has 0 saturated carbocycles. The van der Waals surface area contributed by atoms with Crippen LogP contribution in [0.15, 0.2) is 28.7 Å². The number of aryl methyl sites for hydroxylation is 2. The summed E-state index contributed by atoms with van der Waals surface area (Å²) in [7, 11) is 1.94. The third-order valence-electron chi connectivity index (χ3n) is 3.08. The monoisotopic (exact) mass is 337 g/mol. The van der Waals surface area contributed by atoms with Crippen molar-refractivity contribution in [2.45, 2.75) is 27.0 Å². The van der Waals surface area contributed by atoms with Crippen molar-refractivity contribution in [2.75, 3.05) is 6.54 Å². The van der Waals surface area contributed by atoms with E-state index in [0.717, 1.165) is 40.3 Å². The van der Waals surface area contributed by atoms with Gasteiger partial charge in [-0.25, -0.2) is 0 Å². The van der Waals surface area contributed by atoms with Crippen molar-refractivity contribution in [3.05, 3.63) is 45.7 Å². The molecule has 2 rings (SSSR count). The van der Waals surface area contributed by atoms with E-state index in [2.05, 4.69) is 39.3 Å². The topological polar surface area (TPSA) is 39.1 Å². The maximum atomic E-state index is 6.00. The minimum Gasteiger partial charge on any atom is -0.486 e. The molecule has 0 saturated heterocycles. The summed E-state index contributed by atoms with van der Waals surface area (Å²) < 4.78 is 8.83.